The number of aromatic nitrogens is 1. The van der Waals surface area contributed by atoms with Gasteiger partial charge in [0.15, 0.2) is 0 Å². The predicted molar refractivity (Wildman–Crippen MR) is 77.0 cm³/mol. The second kappa shape index (κ2) is 6.17. The number of halogens is 1. The van der Waals surface area contributed by atoms with E-state index in [4.69, 9.17) is 11.6 Å². The molecule has 1 rings (SSSR count). The highest BCUT2D eigenvalue weighted by molar-refractivity contribution is 7.09. The Hall–Kier alpha value is -0.120. The minimum Gasteiger partial charge on any atom is -0.306 e. The van der Waals surface area contributed by atoms with Crippen molar-refractivity contribution in [2.24, 2.45) is 5.92 Å². The van der Waals surface area contributed by atoms with E-state index < -0.39 is 0 Å². The summed E-state index contributed by atoms with van der Waals surface area (Å²) in [7, 11) is 0. The van der Waals surface area contributed by atoms with E-state index in [1.54, 1.807) is 11.3 Å². The van der Waals surface area contributed by atoms with E-state index >= 15 is 0 Å². The van der Waals surface area contributed by atoms with Gasteiger partial charge in [-0.3, -0.25) is 0 Å². The highest BCUT2D eigenvalue weighted by Gasteiger charge is 2.18. The Morgan fingerprint density at radius 3 is 2.47 bits per heavy atom. The molecule has 2 nitrogen and oxygen atoms in total. The number of thiazole rings is 1. The lowest BCUT2D eigenvalue weighted by Gasteiger charge is -2.19. The lowest BCUT2D eigenvalue weighted by Crippen LogP contribution is -2.34. The topological polar surface area (TPSA) is 24.9 Å². The molecule has 1 aromatic heterocycles. The Morgan fingerprint density at radius 2 is 2.06 bits per heavy atom. The molecule has 1 N–H and O–H groups in total. The van der Waals surface area contributed by atoms with Crippen LogP contribution in [0.1, 0.15) is 45.3 Å². The monoisotopic (exact) mass is 274 g/mol. The molecule has 0 amide bonds. The fraction of sp³-hybridized carbons (Fsp3) is 0.769. The van der Waals surface area contributed by atoms with Crippen molar-refractivity contribution in [3.63, 3.8) is 0 Å². The third-order valence-electron chi connectivity index (χ3n) is 2.81. The van der Waals surface area contributed by atoms with Crippen molar-refractivity contribution in [2.45, 2.75) is 52.6 Å². The number of hydrogen-bond donors (Lipinski definition) is 1. The Labute approximate surface area is 114 Å². The maximum atomic E-state index is 5.93. The van der Waals surface area contributed by atoms with Crippen molar-refractivity contribution in [2.75, 3.05) is 5.88 Å². The first kappa shape index (κ1) is 14.9. The molecule has 1 aromatic rings. The van der Waals surface area contributed by atoms with Crippen LogP contribution in [0.4, 0.5) is 0 Å². The Balaban J connectivity index is 2.56. The normalized spacial score (nSPS) is 14.3. The van der Waals surface area contributed by atoms with Gasteiger partial charge < -0.3 is 5.32 Å². The van der Waals surface area contributed by atoms with Crippen LogP contribution >= 0.6 is 22.9 Å². The molecular formula is C13H23ClN2S. The molecule has 0 aliphatic carbocycles. The van der Waals surface area contributed by atoms with Crippen molar-refractivity contribution >= 4 is 22.9 Å². The second-order valence-electron chi connectivity index (χ2n) is 5.76. The molecule has 0 fully saturated rings. The lowest BCUT2D eigenvalue weighted by atomic mass is 9.93. The summed E-state index contributed by atoms with van der Waals surface area (Å²) in [6.45, 7) is 11.8. The van der Waals surface area contributed by atoms with Gasteiger partial charge in [0.25, 0.3) is 0 Å². The zero-order valence-electron chi connectivity index (χ0n) is 11.4. The first-order chi connectivity index (χ1) is 7.84. The molecule has 1 unspecified atom stereocenters. The van der Waals surface area contributed by atoms with Gasteiger partial charge in [-0.25, -0.2) is 4.98 Å². The number of alkyl halides is 1. The van der Waals surface area contributed by atoms with E-state index in [0.717, 1.165) is 11.6 Å². The molecule has 0 saturated carbocycles. The van der Waals surface area contributed by atoms with Gasteiger partial charge >= 0.3 is 0 Å². The van der Waals surface area contributed by atoms with E-state index in [1.165, 1.54) is 5.69 Å². The molecule has 0 saturated heterocycles. The van der Waals surface area contributed by atoms with E-state index in [0.29, 0.717) is 17.8 Å². The van der Waals surface area contributed by atoms with Crippen molar-refractivity contribution in [3.8, 4) is 0 Å². The molecule has 0 aromatic carbocycles. The zero-order valence-corrected chi connectivity index (χ0v) is 13.0. The van der Waals surface area contributed by atoms with Crippen LogP contribution < -0.4 is 5.32 Å². The third-order valence-corrected chi connectivity index (χ3v) is 3.99. The van der Waals surface area contributed by atoms with Crippen molar-refractivity contribution in [1.82, 2.24) is 10.3 Å². The first-order valence-electron chi connectivity index (χ1n) is 6.09. The van der Waals surface area contributed by atoms with Crippen LogP contribution in [0.5, 0.6) is 0 Å². The molecule has 0 radical (unpaired) electrons. The molecule has 17 heavy (non-hydrogen) atoms. The van der Waals surface area contributed by atoms with Gasteiger partial charge in [0.05, 0.1) is 5.69 Å². The summed E-state index contributed by atoms with van der Waals surface area (Å²) in [5, 5.41) is 6.76. The van der Waals surface area contributed by atoms with Gasteiger partial charge in [-0.2, -0.15) is 0 Å². The summed E-state index contributed by atoms with van der Waals surface area (Å²) < 4.78 is 0. The van der Waals surface area contributed by atoms with Gasteiger partial charge in [-0.05, 0) is 5.92 Å². The summed E-state index contributed by atoms with van der Waals surface area (Å²) in [6.07, 6.45) is 0. The van der Waals surface area contributed by atoms with Crippen LogP contribution in [0.2, 0.25) is 0 Å². The Kier molecular flexibility index (Phi) is 5.42. The third kappa shape index (κ3) is 4.57. The van der Waals surface area contributed by atoms with Gasteiger partial charge in [0, 0.05) is 29.3 Å². The SMILES string of the molecule is CC(C)C(CCl)NCc1nc(C(C)(C)C)cs1. The van der Waals surface area contributed by atoms with Crippen LogP contribution in [0, 0.1) is 5.92 Å². The lowest BCUT2D eigenvalue weighted by molar-refractivity contribution is 0.429. The fourth-order valence-corrected chi connectivity index (χ4v) is 2.86. The second-order valence-corrected chi connectivity index (χ2v) is 7.01. The molecule has 1 heterocycles. The predicted octanol–water partition coefficient (Wildman–Crippen LogP) is 3.79. The van der Waals surface area contributed by atoms with Crippen LogP contribution in [0.25, 0.3) is 0 Å². The van der Waals surface area contributed by atoms with E-state index in [-0.39, 0.29) is 5.41 Å². The molecule has 0 aliphatic heterocycles. The number of hydrogen-bond acceptors (Lipinski definition) is 3. The van der Waals surface area contributed by atoms with Crippen LogP contribution in [0.15, 0.2) is 5.38 Å². The van der Waals surface area contributed by atoms with Gasteiger partial charge in [-0.1, -0.05) is 34.6 Å². The molecule has 0 aliphatic rings. The summed E-state index contributed by atoms with van der Waals surface area (Å²) >= 11 is 7.65. The van der Waals surface area contributed by atoms with E-state index in [9.17, 15) is 0 Å². The van der Waals surface area contributed by atoms with Gasteiger partial charge in [0.2, 0.25) is 0 Å². The summed E-state index contributed by atoms with van der Waals surface area (Å²) in [5.41, 5.74) is 1.31. The number of nitrogens with zero attached hydrogens (tertiary/aromatic N) is 1. The number of nitrogens with one attached hydrogen (secondary N) is 1. The van der Waals surface area contributed by atoms with Crippen LogP contribution in [-0.2, 0) is 12.0 Å². The first-order valence-corrected chi connectivity index (χ1v) is 7.50. The van der Waals surface area contributed by atoms with Crippen molar-refractivity contribution in [1.29, 1.82) is 0 Å². The molecule has 0 bridgehead atoms. The smallest absolute Gasteiger partial charge is 0.107 e. The maximum absolute atomic E-state index is 5.93. The van der Waals surface area contributed by atoms with Gasteiger partial charge in [-0.15, -0.1) is 22.9 Å². The van der Waals surface area contributed by atoms with Crippen LogP contribution in [-0.4, -0.2) is 16.9 Å². The highest BCUT2D eigenvalue weighted by Crippen LogP contribution is 2.23. The quantitative estimate of drug-likeness (QED) is 0.827. The molecule has 0 spiro atoms. The summed E-state index contributed by atoms with van der Waals surface area (Å²) in [4.78, 5) is 4.66. The average Bonchev–Trinajstić information content (AvgIpc) is 2.66. The maximum Gasteiger partial charge on any atom is 0.107 e. The van der Waals surface area contributed by atoms with Crippen LogP contribution in [0.3, 0.4) is 0 Å². The highest BCUT2D eigenvalue weighted by atomic mass is 35.5. The summed E-state index contributed by atoms with van der Waals surface area (Å²) in [5.74, 6) is 1.20. The fourth-order valence-electron chi connectivity index (χ4n) is 1.42. The molecular weight excluding hydrogens is 252 g/mol. The van der Waals surface area contributed by atoms with Crippen molar-refractivity contribution in [3.05, 3.63) is 16.1 Å². The van der Waals surface area contributed by atoms with E-state index in [1.807, 2.05) is 0 Å². The standard InChI is InChI=1S/C13H23ClN2S/c1-9(2)10(6-14)15-7-12-16-11(8-17-12)13(3,4)5/h8-10,15H,6-7H2,1-5H3. The van der Waals surface area contributed by atoms with Crippen molar-refractivity contribution < 1.29 is 0 Å². The zero-order chi connectivity index (χ0) is 13.1. The van der Waals surface area contributed by atoms with Gasteiger partial charge in [0.1, 0.15) is 5.01 Å². The average molecular weight is 275 g/mol. The molecule has 1 atom stereocenters. The number of rotatable bonds is 5. The summed E-state index contributed by atoms with van der Waals surface area (Å²) in [6, 6.07) is 0.360. The minimum atomic E-state index is 0.138. The van der Waals surface area contributed by atoms with E-state index in [2.05, 4.69) is 50.3 Å². The largest absolute Gasteiger partial charge is 0.306 e. The molecule has 98 valence electrons. The Bertz CT molecular complexity index is 341. The molecule has 4 heteroatoms. The minimum absolute atomic E-state index is 0.138. The Morgan fingerprint density at radius 1 is 1.41 bits per heavy atom.